The van der Waals surface area contributed by atoms with E-state index in [9.17, 15) is 4.79 Å². The van der Waals surface area contributed by atoms with Crippen molar-refractivity contribution < 1.29 is 9.90 Å². The highest BCUT2D eigenvalue weighted by molar-refractivity contribution is 5.71. The van der Waals surface area contributed by atoms with Crippen LogP contribution in [0.25, 0.3) is 5.69 Å². The zero-order valence-electron chi connectivity index (χ0n) is 13.9. The van der Waals surface area contributed by atoms with E-state index in [2.05, 4.69) is 31.9 Å². The van der Waals surface area contributed by atoms with Crippen molar-refractivity contribution >= 4 is 5.97 Å². The Bertz CT molecular complexity index is 695. The maximum absolute atomic E-state index is 11.0. The van der Waals surface area contributed by atoms with E-state index in [-0.39, 0.29) is 11.3 Å². The third-order valence-electron chi connectivity index (χ3n) is 4.22. The van der Waals surface area contributed by atoms with Crippen molar-refractivity contribution in [3.05, 3.63) is 47.8 Å². The Hall–Kier alpha value is -2.14. The first-order chi connectivity index (χ1) is 10.8. The second-order valence-corrected chi connectivity index (χ2v) is 7.26. The quantitative estimate of drug-likeness (QED) is 0.943. The van der Waals surface area contributed by atoms with Gasteiger partial charge in [-0.1, -0.05) is 39.0 Å². The Morgan fingerprint density at radius 3 is 2.48 bits per heavy atom. The van der Waals surface area contributed by atoms with Gasteiger partial charge < -0.3 is 5.11 Å². The number of hydrogen-bond acceptors (Lipinski definition) is 3. The van der Waals surface area contributed by atoms with Gasteiger partial charge in [-0.05, 0) is 12.1 Å². The van der Waals surface area contributed by atoms with Crippen LogP contribution in [0.15, 0.2) is 36.5 Å². The maximum atomic E-state index is 11.0. The molecule has 2 heterocycles. The molecule has 0 saturated carbocycles. The lowest BCUT2D eigenvalue weighted by Gasteiger charge is -2.36. The van der Waals surface area contributed by atoms with Crippen LogP contribution in [0.4, 0.5) is 0 Å². The Morgan fingerprint density at radius 2 is 1.91 bits per heavy atom. The van der Waals surface area contributed by atoms with Gasteiger partial charge in [-0.3, -0.25) is 9.69 Å². The zero-order chi connectivity index (χ0) is 16.6. The van der Waals surface area contributed by atoms with Gasteiger partial charge in [0.05, 0.1) is 17.3 Å². The summed E-state index contributed by atoms with van der Waals surface area (Å²) in [4.78, 5) is 13.1. The molecular formula is C18H23N3O2. The molecule has 122 valence electrons. The Kier molecular flexibility index (Phi) is 3.98. The van der Waals surface area contributed by atoms with E-state index in [4.69, 9.17) is 10.2 Å². The molecule has 1 aromatic heterocycles. The van der Waals surface area contributed by atoms with E-state index in [0.29, 0.717) is 13.1 Å². The molecule has 0 atom stereocenters. The Balaban J connectivity index is 1.84. The van der Waals surface area contributed by atoms with Gasteiger partial charge in [0.15, 0.2) is 0 Å². The first kappa shape index (κ1) is 15.7. The minimum Gasteiger partial charge on any atom is -0.481 e. The van der Waals surface area contributed by atoms with E-state index in [1.54, 1.807) is 0 Å². The molecule has 0 aliphatic carbocycles. The molecule has 0 unspecified atom stereocenters. The number of benzene rings is 1. The molecule has 5 heteroatoms. The molecule has 1 N–H and O–H groups in total. The molecule has 1 aliphatic rings. The van der Waals surface area contributed by atoms with Crippen LogP contribution in [0.3, 0.4) is 0 Å². The van der Waals surface area contributed by atoms with E-state index in [1.807, 2.05) is 35.0 Å². The molecule has 0 bridgehead atoms. The van der Waals surface area contributed by atoms with Gasteiger partial charge in [0.1, 0.15) is 0 Å². The lowest BCUT2D eigenvalue weighted by atomic mass is 9.89. The van der Waals surface area contributed by atoms with Crippen molar-refractivity contribution in [1.29, 1.82) is 0 Å². The van der Waals surface area contributed by atoms with Gasteiger partial charge in [0.25, 0.3) is 0 Å². The number of likely N-dealkylation sites (tertiary alicyclic amines) is 1. The normalized spacial score (nSPS) is 16.3. The minimum absolute atomic E-state index is 0.0492. The van der Waals surface area contributed by atoms with Gasteiger partial charge in [-0.25, -0.2) is 4.68 Å². The van der Waals surface area contributed by atoms with Crippen molar-refractivity contribution in [2.24, 2.45) is 5.92 Å². The van der Waals surface area contributed by atoms with Crippen LogP contribution in [0.5, 0.6) is 0 Å². The number of para-hydroxylation sites is 1. The van der Waals surface area contributed by atoms with Crippen molar-refractivity contribution in [2.45, 2.75) is 32.7 Å². The highest BCUT2D eigenvalue weighted by atomic mass is 16.4. The number of carboxylic acids is 1. The Labute approximate surface area is 136 Å². The summed E-state index contributed by atoms with van der Waals surface area (Å²) in [5.74, 6) is -0.922. The monoisotopic (exact) mass is 313 g/mol. The lowest BCUT2D eigenvalue weighted by molar-refractivity contribution is -0.147. The second-order valence-electron chi connectivity index (χ2n) is 7.26. The van der Waals surface area contributed by atoms with Gasteiger partial charge in [-0.2, -0.15) is 5.10 Å². The number of aromatic nitrogens is 2. The van der Waals surface area contributed by atoms with Crippen molar-refractivity contribution in [3.63, 3.8) is 0 Å². The molecule has 0 spiro atoms. The van der Waals surface area contributed by atoms with Gasteiger partial charge in [0, 0.05) is 36.8 Å². The summed E-state index contributed by atoms with van der Waals surface area (Å²) in [6.45, 7) is 8.47. The highest BCUT2D eigenvalue weighted by Crippen LogP contribution is 2.28. The molecule has 0 amide bonds. The van der Waals surface area contributed by atoms with Crippen LogP contribution < -0.4 is 0 Å². The topological polar surface area (TPSA) is 58.4 Å². The van der Waals surface area contributed by atoms with Gasteiger partial charge in [-0.15, -0.1) is 0 Å². The van der Waals surface area contributed by atoms with E-state index in [1.165, 1.54) is 5.56 Å². The molecule has 3 rings (SSSR count). The zero-order valence-corrected chi connectivity index (χ0v) is 13.9. The standard InChI is InChI=1S/C18H23N3O2/c1-18(2,3)16-13(9-20-10-14(11-20)17(22)23)12-21(19-16)15-7-5-4-6-8-15/h4-8,12,14H,9-11H2,1-3H3,(H,22,23). The smallest absolute Gasteiger partial charge is 0.309 e. The fourth-order valence-electron chi connectivity index (χ4n) is 2.97. The van der Waals surface area contributed by atoms with E-state index >= 15 is 0 Å². The summed E-state index contributed by atoms with van der Waals surface area (Å²) in [6.07, 6.45) is 2.07. The van der Waals surface area contributed by atoms with Crippen molar-refractivity contribution in [2.75, 3.05) is 13.1 Å². The molecule has 23 heavy (non-hydrogen) atoms. The molecule has 1 saturated heterocycles. The predicted octanol–water partition coefficient (Wildman–Crippen LogP) is 2.69. The average molecular weight is 313 g/mol. The Morgan fingerprint density at radius 1 is 1.26 bits per heavy atom. The third kappa shape index (κ3) is 3.29. The predicted molar refractivity (Wildman–Crippen MR) is 88.7 cm³/mol. The van der Waals surface area contributed by atoms with Crippen LogP contribution in [-0.2, 0) is 16.8 Å². The van der Waals surface area contributed by atoms with Crippen LogP contribution in [-0.4, -0.2) is 38.8 Å². The SMILES string of the molecule is CC(C)(C)c1nn(-c2ccccc2)cc1CN1CC(C(=O)O)C1. The number of carbonyl (C=O) groups is 1. The first-order valence-electron chi connectivity index (χ1n) is 7.94. The molecule has 5 nitrogen and oxygen atoms in total. The van der Waals surface area contributed by atoms with Crippen molar-refractivity contribution in [1.82, 2.24) is 14.7 Å². The highest BCUT2D eigenvalue weighted by Gasteiger charge is 2.34. The van der Waals surface area contributed by atoms with Crippen LogP contribution in [0, 0.1) is 5.92 Å². The second kappa shape index (κ2) is 5.81. The molecule has 1 aliphatic heterocycles. The summed E-state index contributed by atoms with van der Waals surface area (Å²) in [5.41, 5.74) is 3.23. The summed E-state index contributed by atoms with van der Waals surface area (Å²) >= 11 is 0. The third-order valence-corrected chi connectivity index (χ3v) is 4.22. The first-order valence-corrected chi connectivity index (χ1v) is 7.94. The fraction of sp³-hybridized carbons (Fsp3) is 0.444. The van der Waals surface area contributed by atoms with E-state index in [0.717, 1.165) is 17.9 Å². The van der Waals surface area contributed by atoms with E-state index < -0.39 is 5.97 Å². The van der Waals surface area contributed by atoms with Gasteiger partial charge >= 0.3 is 5.97 Å². The molecule has 1 fully saturated rings. The van der Waals surface area contributed by atoms with Crippen molar-refractivity contribution in [3.8, 4) is 5.69 Å². The maximum Gasteiger partial charge on any atom is 0.309 e. The van der Waals surface area contributed by atoms with Gasteiger partial charge in [0.2, 0.25) is 0 Å². The molecule has 2 aromatic rings. The number of nitrogens with zero attached hydrogens (tertiary/aromatic N) is 3. The largest absolute Gasteiger partial charge is 0.481 e. The average Bonchev–Trinajstić information content (AvgIpc) is 2.87. The summed E-state index contributed by atoms with van der Waals surface area (Å²) in [6, 6.07) is 10.1. The van der Waals surface area contributed by atoms with Crippen LogP contribution >= 0.6 is 0 Å². The number of carboxylic acid groups (broad SMARTS) is 1. The van der Waals surface area contributed by atoms with Crippen LogP contribution in [0.2, 0.25) is 0 Å². The number of hydrogen-bond donors (Lipinski definition) is 1. The number of rotatable bonds is 4. The minimum atomic E-state index is -0.697. The number of aliphatic carboxylic acids is 1. The molecule has 1 aromatic carbocycles. The fourth-order valence-corrected chi connectivity index (χ4v) is 2.97. The van der Waals surface area contributed by atoms with Crippen LogP contribution in [0.1, 0.15) is 32.0 Å². The summed E-state index contributed by atoms with van der Waals surface area (Å²) < 4.78 is 1.92. The molecular weight excluding hydrogens is 290 g/mol. The lowest BCUT2D eigenvalue weighted by Crippen LogP contribution is -2.49. The summed E-state index contributed by atoms with van der Waals surface area (Å²) in [7, 11) is 0. The molecule has 0 radical (unpaired) electrons. The summed E-state index contributed by atoms with van der Waals surface area (Å²) in [5, 5.41) is 13.8.